The number of nitrogens with zero attached hydrogens (tertiary/aromatic N) is 1. The molecule has 0 radical (unpaired) electrons. The van der Waals surface area contributed by atoms with Gasteiger partial charge in [-0.25, -0.2) is 8.42 Å². The van der Waals surface area contributed by atoms with Crippen LogP contribution in [0, 0.1) is 6.92 Å². The molecule has 0 N–H and O–H groups in total. The third kappa shape index (κ3) is 3.67. The number of hydrogen-bond donors (Lipinski definition) is 0. The molecule has 0 saturated carbocycles. The lowest BCUT2D eigenvalue weighted by molar-refractivity contribution is -0.137. The Bertz CT molecular complexity index is 833. The number of rotatable bonds is 4. The number of hydrogen-bond acceptors (Lipinski definition) is 2. The van der Waals surface area contributed by atoms with Gasteiger partial charge in [-0.05, 0) is 44.2 Å². The van der Waals surface area contributed by atoms with E-state index in [4.69, 9.17) is 11.6 Å². The molecule has 0 fully saturated rings. The van der Waals surface area contributed by atoms with E-state index in [0.29, 0.717) is 0 Å². The third-order valence-electron chi connectivity index (χ3n) is 3.44. The van der Waals surface area contributed by atoms with Crippen molar-refractivity contribution in [2.75, 3.05) is 10.8 Å². The van der Waals surface area contributed by atoms with E-state index in [2.05, 4.69) is 0 Å². The zero-order chi connectivity index (χ0) is 18.1. The van der Waals surface area contributed by atoms with Gasteiger partial charge < -0.3 is 0 Å². The molecular weight excluding hydrogens is 363 g/mol. The molecule has 0 spiro atoms. The maximum Gasteiger partial charge on any atom is 0.417 e. The second kappa shape index (κ2) is 6.64. The molecular formula is C16H15ClF3NO2S. The molecule has 130 valence electrons. The first-order valence-corrected chi connectivity index (χ1v) is 8.85. The van der Waals surface area contributed by atoms with Crippen LogP contribution in [0.1, 0.15) is 18.1 Å². The van der Waals surface area contributed by atoms with Crippen LogP contribution in [-0.4, -0.2) is 15.0 Å². The van der Waals surface area contributed by atoms with E-state index in [-0.39, 0.29) is 17.1 Å². The van der Waals surface area contributed by atoms with Crippen molar-refractivity contribution in [2.45, 2.75) is 24.9 Å². The van der Waals surface area contributed by atoms with Gasteiger partial charge in [-0.15, -0.1) is 0 Å². The van der Waals surface area contributed by atoms with Crippen molar-refractivity contribution in [3.63, 3.8) is 0 Å². The van der Waals surface area contributed by atoms with Crippen LogP contribution in [0.2, 0.25) is 5.02 Å². The molecule has 0 atom stereocenters. The maximum absolute atomic E-state index is 13.0. The molecule has 24 heavy (non-hydrogen) atoms. The van der Waals surface area contributed by atoms with Gasteiger partial charge in [0.2, 0.25) is 0 Å². The Hall–Kier alpha value is -1.73. The Morgan fingerprint density at radius 1 is 1.08 bits per heavy atom. The Morgan fingerprint density at radius 2 is 1.67 bits per heavy atom. The first-order valence-electron chi connectivity index (χ1n) is 7.03. The average Bonchev–Trinajstić information content (AvgIpc) is 2.48. The van der Waals surface area contributed by atoms with Crippen LogP contribution >= 0.6 is 11.6 Å². The van der Waals surface area contributed by atoms with Crippen LogP contribution in [0.3, 0.4) is 0 Å². The minimum atomic E-state index is -4.67. The van der Waals surface area contributed by atoms with E-state index in [1.54, 1.807) is 19.1 Å². The molecule has 0 unspecified atom stereocenters. The van der Waals surface area contributed by atoms with Gasteiger partial charge in [0, 0.05) is 6.54 Å². The van der Waals surface area contributed by atoms with E-state index < -0.39 is 26.8 Å². The lowest BCUT2D eigenvalue weighted by Gasteiger charge is -2.24. The highest BCUT2D eigenvalue weighted by atomic mass is 35.5. The highest BCUT2D eigenvalue weighted by molar-refractivity contribution is 7.92. The van der Waals surface area contributed by atoms with Crippen LogP contribution in [0.25, 0.3) is 0 Å². The van der Waals surface area contributed by atoms with Crippen LogP contribution in [0.5, 0.6) is 0 Å². The van der Waals surface area contributed by atoms with E-state index in [0.717, 1.165) is 22.0 Å². The molecule has 0 aromatic heterocycles. The fourth-order valence-corrected chi connectivity index (χ4v) is 3.90. The summed E-state index contributed by atoms with van der Waals surface area (Å²) < 4.78 is 65.4. The van der Waals surface area contributed by atoms with E-state index in [1.165, 1.54) is 18.2 Å². The van der Waals surface area contributed by atoms with Crippen molar-refractivity contribution in [3.8, 4) is 0 Å². The fraction of sp³-hybridized carbons (Fsp3) is 0.250. The molecule has 0 aliphatic rings. The maximum atomic E-state index is 13.0. The monoisotopic (exact) mass is 377 g/mol. The van der Waals surface area contributed by atoms with Gasteiger partial charge >= 0.3 is 6.18 Å². The third-order valence-corrected chi connectivity index (χ3v) is 5.69. The molecule has 0 amide bonds. The minimum absolute atomic E-state index is 0.0125. The summed E-state index contributed by atoms with van der Waals surface area (Å²) in [6.45, 7) is 3.34. The summed E-state index contributed by atoms with van der Waals surface area (Å²) in [6.07, 6.45) is -4.67. The molecule has 0 aliphatic carbocycles. The summed E-state index contributed by atoms with van der Waals surface area (Å²) in [5.74, 6) is 0. The zero-order valence-corrected chi connectivity index (χ0v) is 14.5. The van der Waals surface area contributed by atoms with E-state index >= 15 is 0 Å². The summed E-state index contributed by atoms with van der Waals surface area (Å²) in [4.78, 5) is 0.0125. The molecule has 0 aliphatic heterocycles. The van der Waals surface area contributed by atoms with Crippen molar-refractivity contribution >= 4 is 27.3 Å². The van der Waals surface area contributed by atoms with E-state index in [9.17, 15) is 21.6 Å². The highest BCUT2D eigenvalue weighted by Crippen LogP contribution is 2.37. The Balaban J connectivity index is 2.54. The van der Waals surface area contributed by atoms with Crippen molar-refractivity contribution in [3.05, 3.63) is 58.6 Å². The fourth-order valence-electron chi connectivity index (χ4n) is 2.21. The first kappa shape index (κ1) is 18.6. The quantitative estimate of drug-likeness (QED) is 0.761. The SMILES string of the molecule is CCN(c1ccc(Cl)c(C(F)(F)F)c1)S(=O)(=O)c1ccc(C)cc1. The van der Waals surface area contributed by atoms with Gasteiger partial charge in [0.1, 0.15) is 0 Å². The summed E-state index contributed by atoms with van der Waals surface area (Å²) in [7, 11) is -3.97. The molecule has 0 heterocycles. The summed E-state index contributed by atoms with van der Waals surface area (Å²) in [6, 6.07) is 9.16. The van der Waals surface area contributed by atoms with Gasteiger partial charge in [0.05, 0.1) is 21.2 Å². The molecule has 8 heteroatoms. The van der Waals surface area contributed by atoms with Crippen LogP contribution in [0.4, 0.5) is 18.9 Å². The summed E-state index contributed by atoms with van der Waals surface area (Å²) in [5, 5.41) is -0.477. The number of anilines is 1. The van der Waals surface area contributed by atoms with Gasteiger partial charge in [0.15, 0.2) is 0 Å². The number of sulfonamides is 1. The lowest BCUT2D eigenvalue weighted by Crippen LogP contribution is -2.31. The molecule has 3 nitrogen and oxygen atoms in total. The van der Waals surface area contributed by atoms with Gasteiger partial charge in [-0.3, -0.25) is 4.31 Å². The van der Waals surface area contributed by atoms with Crippen molar-refractivity contribution < 1.29 is 21.6 Å². The standard InChI is InChI=1S/C16H15ClF3NO2S/c1-3-21(24(22,23)13-7-4-11(2)5-8-13)12-6-9-15(17)14(10-12)16(18,19)20/h4-10H,3H2,1-2H3. The number of benzene rings is 2. The predicted octanol–water partition coefficient (Wildman–Crippen LogP) is 4.88. The Morgan fingerprint density at radius 3 is 2.17 bits per heavy atom. The lowest BCUT2D eigenvalue weighted by atomic mass is 10.2. The normalized spacial score (nSPS) is 12.2. The molecule has 0 bridgehead atoms. The Labute approximate surface area is 143 Å². The average molecular weight is 378 g/mol. The number of halogens is 4. The van der Waals surface area contributed by atoms with Crippen LogP contribution in [-0.2, 0) is 16.2 Å². The van der Waals surface area contributed by atoms with Crippen molar-refractivity contribution in [2.24, 2.45) is 0 Å². The van der Waals surface area contributed by atoms with Gasteiger partial charge in [0.25, 0.3) is 10.0 Å². The topological polar surface area (TPSA) is 37.4 Å². The number of alkyl halides is 3. The molecule has 0 saturated heterocycles. The molecule has 2 aromatic carbocycles. The second-order valence-electron chi connectivity index (χ2n) is 5.14. The predicted molar refractivity (Wildman–Crippen MR) is 87.8 cm³/mol. The van der Waals surface area contributed by atoms with Gasteiger partial charge in [-0.1, -0.05) is 29.3 Å². The van der Waals surface area contributed by atoms with Crippen molar-refractivity contribution in [1.29, 1.82) is 0 Å². The van der Waals surface area contributed by atoms with Crippen LogP contribution < -0.4 is 4.31 Å². The molecule has 2 rings (SSSR count). The minimum Gasteiger partial charge on any atom is -0.267 e. The molecule has 2 aromatic rings. The van der Waals surface area contributed by atoms with Crippen molar-refractivity contribution in [1.82, 2.24) is 0 Å². The smallest absolute Gasteiger partial charge is 0.267 e. The van der Waals surface area contributed by atoms with E-state index in [1.807, 2.05) is 6.92 Å². The Kier molecular flexibility index (Phi) is 5.15. The first-order chi connectivity index (χ1) is 11.1. The summed E-state index contributed by atoms with van der Waals surface area (Å²) >= 11 is 5.59. The zero-order valence-electron chi connectivity index (χ0n) is 12.9. The second-order valence-corrected chi connectivity index (χ2v) is 7.41. The largest absolute Gasteiger partial charge is 0.417 e. The summed E-state index contributed by atoms with van der Waals surface area (Å²) in [5.41, 5.74) is -0.281. The van der Waals surface area contributed by atoms with Crippen LogP contribution in [0.15, 0.2) is 47.4 Å². The number of aryl methyl sites for hydroxylation is 1. The highest BCUT2D eigenvalue weighted by Gasteiger charge is 2.34. The van der Waals surface area contributed by atoms with Gasteiger partial charge in [-0.2, -0.15) is 13.2 Å².